The monoisotopic (exact) mass is 249 g/mol. The Morgan fingerprint density at radius 2 is 1.83 bits per heavy atom. The summed E-state index contributed by atoms with van der Waals surface area (Å²) in [6.07, 6.45) is 2.27. The molecule has 1 atom stereocenters. The van der Waals surface area contributed by atoms with Gasteiger partial charge in [0.15, 0.2) is 11.5 Å². The molecule has 100 valence electrons. The number of aryl methyl sites for hydroxylation is 1. The molecule has 1 fully saturated rings. The van der Waals surface area contributed by atoms with Crippen molar-refractivity contribution in [3.8, 4) is 11.5 Å². The van der Waals surface area contributed by atoms with Gasteiger partial charge in [-0.05, 0) is 50.8 Å². The van der Waals surface area contributed by atoms with E-state index in [0.29, 0.717) is 0 Å². The lowest BCUT2D eigenvalue weighted by molar-refractivity contribution is 0.345. The molecule has 3 nitrogen and oxygen atoms in total. The zero-order valence-corrected chi connectivity index (χ0v) is 12.0. The van der Waals surface area contributed by atoms with E-state index in [1.54, 1.807) is 14.2 Å². The summed E-state index contributed by atoms with van der Waals surface area (Å²) >= 11 is 0. The quantitative estimate of drug-likeness (QED) is 0.892. The molecular weight excluding hydrogens is 226 g/mol. The van der Waals surface area contributed by atoms with E-state index in [1.165, 1.54) is 16.7 Å². The highest BCUT2D eigenvalue weighted by molar-refractivity contribution is 5.59. The van der Waals surface area contributed by atoms with Crippen LogP contribution in [-0.4, -0.2) is 20.3 Å². The predicted octanol–water partition coefficient (Wildman–Crippen LogP) is 2.70. The van der Waals surface area contributed by atoms with Gasteiger partial charge in [0.25, 0.3) is 0 Å². The summed E-state index contributed by atoms with van der Waals surface area (Å²) in [6.45, 7) is 6.34. The molecule has 1 saturated carbocycles. The molecule has 0 saturated heterocycles. The van der Waals surface area contributed by atoms with Crippen LogP contribution in [0.15, 0.2) is 6.07 Å². The van der Waals surface area contributed by atoms with Gasteiger partial charge in [-0.25, -0.2) is 0 Å². The van der Waals surface area contributed by atoms with Crippen molar-refractivity contribution in [2.45, 2.75) is 45.1 Å². The Morgan fingerprint density at radius 1 is 1.22 bits per heavy atom. The molecule has 0 bridgehead atoms. The molecule has 0 spiro atoms. The van der Waals surface area contributed by atoms with Gasteiger partial charge in [0.1, 0.15) is 0 Å². The first-order valence-corrected chi connectivity index (χ1v) is 6.46. The van der Waals surface area contributed by atoms with Crippen LogP contribution < -0.4 is 15.2 Å². The molecule has 2 rings (SSSR count). The molecule has 0 radical (unpaired) electrons. The van der Waals surface area contributed by atoms with Crippen molar-refractivity contribution in [2.75, 3.05) is 14.2 Å². The van der Waals surface area contributed by atoms with E-state index >= 15 is 0 Å². The zero-order chi connectivity index (χ0) is 13.5. The van der Waals surface area contributed by atoms with E-state index in [2.05, 4.69) is 20.8 Å². The SMILES string of the molecule is COc1cc(C)c(C)c(C2(C(C)N)CC2)c1OC. The summed E-state index contributed by atoms with van der Waals surface area (Å²) in [5.74, 6) is 1.66. The topological polar surface area (TPSA) is 44.5 Å². The van der Waals surface area contributed by atoms with E-state index in [0.717, 1.165) is 24.3 Å². The second kappa shape index (κ2) is 4.47. The van der Waals surface area contributed by atoms with E-state index < -0.39 is 0 Å². The van der Waals surface area contributed by atoms with Crippen molar-refractivity contribution in [3.05, 3.63) is 22.8 Å². The fourth-order valence-electron chi connectivity index (χ4n) is 2.88. The van der Waals surface area contributed by atoms with Crippen LogP contribution in [0.1, 0.15) is 36.5 Å². The molecule has 1 aromatic carbocycles. The van der Waals surface area contributed by atoms with Crippen molar-refractivity contribution in [1.82, 2.24) is 0 Å². The average Bonchev–Trinajstić information content (AvgIpc) is 3.12. The number of hydrogen-bond acceptors (Lipinski definition) is 3. The first-order chi connectivity index (χ1) is 8.47. The van der Waals surface area contributed by atoms with Gasteiger partial charge < -0.3 is 15.2 Å². The number of methoxy groups -OCH3 is 2. The van der Waals surface area contributed by atoms with Crippen LogP contribution >= 0.6 is 0 Å². The lowest BCUT2D eigenvalue weighted by atomic mass is 9.84. The molecule has 0 aromatic heterocycles. The first kappa shape index (κ1) is 13.2. The Morgan fingerprint density at radius 3 is 2.22 bits per heavy atom. The smallest absolute Gasteiger partial charge is 0.164 e. The Bertz CT molecular complexity index is 462. The summed E-state index contributed by atoms with van der Waals surface area (Å²) in [5.41, 5.74) is 10.0. The highest BCUT2D eigenvalue weighted by Gasteiger charge is 2.50. The molecule has 1 aromatic rings. The van der Waals surface area contributed by atoms with Crippen LogP contribution in [0.2, 0.25) is 0 Å². The maximum absolute atomic E-state index is 6.20. The minimum atomic E-state index is 0.0781. The summed E-state index contributed by atoms with van der Waals surface area (Å²) < 4.78 is 11.0. The second-order valence-electron chi connectivity index (χ2n) is 5.37. The second-order valence-corrected chi connectivity index (χ2v) is 5.37. The third kappa shape index (κ3) is 1.77. The third-order valence-electron chi connectivity index (χ3n) is 4.35. The third-order valence-corrected chi connectivity index (χ3v) is 4.35. The maximum Gasteiger partial charge on any atom is 0.164 e. The molecule has 2 N–H and O–H groups in total. The minimum absolute atomic E-state index is 0.0781. The summed E-state index contributed by atoms with van der Waals surface area (Å²) in [6, 6.07) is 2.17. The molecule has 1 aliphatic carbocycles. The molecule has 0 aliphatic heterocycles. The van der Waals surface area contributed by atoms with Crippen LogP contribution in [-0.2, 0) is 5.41 Å². The van der Waals surface area contributed by atoms with Crippen molar-refractivity contribution >= 4 is 0 Å². The molecule has 1 unspecified atom stereocenters. The van der Waals surface area contributed by atoms with E-state index in [1.807, 2.05) is 6.07 Å². The van der Waals surface area contributed by atoms with Gasteiger partial charge in [0.2, 0.25) is 0 Å². The maximum atomic E-state index is 6.20. The van der Waals surface area contributed by atoms with Gasteiger partial charge in [-0.3, -0.25) is 0 Å². The van der Waals surface area contributed by atoms with Crippen LogP contribution in [0, 0.1) is 13.8 Å². The fourth-order valence-corrected chi connectivity index (χ4v) is 2.88. The van der Waals surface area contributed by atoms with Crippen molar-refractivity contribution in [2.24, 2.45) is 5.73 Å². The fraction of sp³-hybridized carbons (Fsp3) is 0.600. The van der Waals surface area contributed by atoms with Gasteiger partial charge in [-0.1, -0.05) is 0 Å². The number of benzene rings is 1. The molecule has 0 amide bonds. The van der Waals surface area contributed by atoms with E-state index in [-0.39, 0.29) is 11.5 Å². The summed E-state index contributed by atoms with van der Waals surface area (Å²) in [7, 11) is 3.38. The highest BCUT2D eigenvalue weighted by Crippen LogP contribution is 2.56. The van der Waals surface area contributed by atoms with Gasteiger partial charge >= 0.3 is 0 Å². The molecule has 1 aliphatic rings. The zero-order valence-electron chi connectivity index (χ0n) is 12.0. The average molecular weight is 249 g/mol. The molecule has 3 heteroatoms. The lowest BCUT2D eigenvalue weighted by Gasteiger charge is -2.27. The van der Waals surface area contributed by atoms with E-state index in [4.69, 9.17) is 15.2 Å². The van der Waals surface area contributed by atoms with Gasteiger partial charge in [0.05, 0.1) is 14.2 Å². The van der Waals surface area contributed by atoms with Crippen molar-refractivity contribution in [1.29, 1.82) is 0 Å². The highest BCUT2D eigenvalue weighted by atomic mass is 16.5. The van der Waals surface area contributed by atoms with Crippen LogP contribution in [0.5, 0.6) is 11.5 Å². The lowest BCUT2D eigenvalue weighted by Crippen LogP contribution is -2.32. The number of rotatable bonds is 4. The molecule has 18 heavy (non-hydrogen) atoms. The number of ether oxygens (including phenoxy) is 2. The summed E-state index contributed by atoms with van der Waals surface area (Å²) in [5, 5.41) is 0. The van der Waals surface area contributed by atoms with Gasteiger partial charge in [0, 0.05) is 17.0 Å². The molecule has 0 heterocycles. The van der Waals surface area contributed by atoms with Crippen LogP contribution in [0.4, 0.5) is 0 Å². The normalized spacial score (nSPS) is 18.3. The van der Waals surface area contributed by atoms with E-state index in [9.17, 15) is 0 Å². The number of hydrogen-bond donors (Lipinski definition) is 1. The number of nitrogens with two attached hydrogens (primary N) is 1. The Hall–Kier alpha value is -1.22. The summed E-state index contributed by atoms with van der Waals surface area (Å²) in [4.78, 5) is 0. The van der Waals surface area contributed by atoms with Crippen molar-refractivity contribution in [3.63, 3.8) is 0 Å². The first-order valence-electron chi connectivity index (χ1n) is 6.46. The molecular formula is C15H23NO2. The van der Waals surface area contributed by atoms with Crippen molar-refractivity contribution < 1.29 is 9.47 Å². The minimum Gasteiger partial charge on any atom is -0.493 e. The Labute approximate surface area is 109 Å². The van der Waals surface area contributed by atoms with Gasteiger partial charge in [-0.2, -0.15) is 0 Å². The largest absolute Gasteiger partial charge is 0.493 e. The van der Waals surface area contributed by atoms with Gasteiger partial charge in [-0.15, -0.1) is 0 Å². The predicted molar refractivity (Wildman–Crippen MR) is 73.6 cm³/mol. The Balaban J connectivity index is 2.68. The van der Waals surface area contributed by atoms with Crippen LogP contribution in [0.25, 0.3) is 0 Å². The standard InChI is InChI=1S/C15H23NO2/c1-9-8-12(17-4)14(18-5)13(10(9)2)15(6-7-15)11(3)16/h8,11H,6-7,16H2,1-5H3. The van der Waals surface area contributed by atoms with Crippen LogP contribution in [0.3, 0.4) is 0 Å². The Kier molecular flexibility index (Phi) is 3.28.